The van der Waals surface area contributed by atoms with Gasteiger partial charge in [-0.05, 0) is 37.7 Å². The van der Waals surface area contributed by atoms with E-state index in [9.17, 15) is 0 Å². The highest BCUT2D eigenvalue weighted by Gasteiger charge is 2.14. The molecule has 0 saturated carbocycles. The fourth-order valence-electron chi connectivity index (χ4n) is 1.79. The van der Waals surface area contributed by atoms with Gasteiger partial charge in [-0.3, -0.25) is 4.90 Å². The van der Waals surface area contributed by atoms with Crippen LogP contribution in [0.25, 0.3) is 0 Å². The molecule has 1 unspecified atom stereocenters. The predicted molar refractivity (Wildman–Crippen MR) is 68.9 cm³/mol. The Morgan fingerprint density at radius 2 is 2.20 bits per heavy atom. The minimum atomic E-state index is 0.322. The summed E-state index contributed by atoms with van der Waals surface area (Å²) in [7, 11) is 2.13. The van der Waals surface area contributed by atoms with Gasteiger partial charge in [0.2, 0.25) is 0 Å². The molecule has 3 heteroatoms. The van der Waals surface area contributed by atoms with Gasteiger partial charge in [-0.2, -0.15) is 0 Å². The lowest BCUT2D eigenvalue weighted by Crippen LogP contribution is -2.31. The van der Waals surface area contributed by atoms with Gasteiger partial charge in [0.05, 0.1) is 0 Å². The highest BCUT2D eigenvalue weighted by molar-refractivity contribution is 9.10. The predicted octanol–water partition coefficient (Wildman–Crippen LogP) is 2.79. The minimum Gasteiger partial charge on any atom is -0.329 e. The SMILES string of the molecule is CCCN(C)C(CN)c1cccc(Br)c1. The van der Waals surface area contributed by atoms with Gasteiger partial charge in [0.15, 0.2) is 0 Å². The van der Waals surface area contributed by atoms with Crippen molar-refractivity contribution in [3.05, 3.63) is 34.3 Å². The molecule has 0 fully saturated rings. The molecule has 0 amide bonds. The summed E-state index contributed by atoms with van der Waals surface area (Å²) in [5, 5.41) is 0. The Morgan fingerprint density at radius 3 is 2.73 bits per heavy atom. The molecule has 1 aromatic carbocycles. The van der Waals surface area contributed by atoms with Crippen LogP contribution >= 0.6 is 15.9 Å². The van der Waals surface area contributed by atoms with E-state index < -0.39 is 0 Å². The normalized spacial score (nSPS) is 13.1. The van der Waals surface area contributed by atoms with Crippen molar-refractivity contribution in [2.45, 2.75) is 19.4 Å². The lowest BCUT2D eigenvalue weighted by Gasteiger charge is -2.27. The number of hydrogen-bond donors (Lipinski definition) is 1. The Balaban J connectivity index is 2.82. The monoisotopic (exact) mass is 270 g/mol. The van der Waals surface area contributed by atoms with E-state index in [0.717, 1.165) is 17.4 Å². The van der Waals surface area contributed by atoms with Crippen LogP contribution in [-0.4, -0.2) is 25.0 Å². The van der Waals surface area contributed by atoms with E-state index in [1.54, 1.807) is 0 Å². The maximum absolute atomic E-state index is 5.83. The Kier molecular flexibility index (Phi) is 5.29. The van der Waals surface area contributed by atoms with Crippen LogP contribution in [-0.2, 0) is 0 Å². The van der Waals surface area contributed by atoms with Crippen molar-refractivity contribution in [1.29, 1.82) is 0 Å². The third kappa shape index (κ3) is 3.59. The fraction of sp³-hybridized carbons (Fsp3) is 0.500. The summed E-state index contributed by atoms with van der Waals surface area (Å²) in [6.07, 6.45) is 1.15. The van der Waals surface area contributed by atoms with Gasteiger partial charge >= 0.3 is 0 Å². The van der Waals surface area contributed by atoms with Crippen LogP contribution in [0.1, 0.15) is 24.9 Å². The van der Waals surface area contributed by atoms with E-state index in [4.69, 9.17) is 5.73 Å². The second kappa shape index (κ2) is 6.26. The minimum absolute atomic E-state index is 0.322. The fourth-order valence-corrected chi connectivity index (χ4v) is 2.21. The van der Waals surface area contributed by atoms with Crippen molar-refractivity contribution in [1.82, 2.24) is 4.90 Å². The molecule has 2 nitrogen and oxygen atoms in total. The zero-order valence-electron chi connectivity index (χ0n) is 9.41. The van der Waals surface area contributed by atoms with E-state index in [1.807, 2.05) is 6.07 Å². The number of rotatable bonds is 5. The number of benzene rings is 1. The Morgan fingerprint density at radius 1 is 1.47 bits per heavy atom. The van der Waals surface area contributed by atoms with E-state index in [2.05, 4.69) is 53.0 Å². The summed E-state index contributed by atoms with van der Waals surface area (Å²) in [6.45, 7) is 3.92. The summed E-state index contributed by atoms with van der Waals surface area (Å²) >= 11 is 3.49. The highest BCUT2D eigenvalue weighted by atomic mass is 79.9. The van der Waals surface area contributed by atoms with Gasteiger partial charge in [0.25, 0.3) is 0 Å². The zero-order chi connectivity index (χ0) is 11.3. The van der Waals surface area contributed by atoms with Gasteiger partial charge in [0, 0.05) is 17.1 Å². The molecule has 0 radical (unpaired) electrons. The van der Waals surface area contributed by atoms with Gasteiger partial charge in [-0.1, -0.05) is 35.0 Å². The van der Waals surface area contributed by atoms with Crippen LogP contribution in [0.2, 0.25) is 0 Å². The van der Waals surface area contributed by atoms with E-state index >= 15 is 0 Å². The van der Waals surface area contributed by atoms with Crippen LogP contribution < -0.4 is 5.73 Å². The largest absolute Gasteiger partial charge is 0.329 e. The maximum Gasteiger partial charge on any atom is 0.0467 e. The average Bonchev–Trinajstić information content (AvgIpc) is 2.19. The molecule has 0 bridgehead atoms. The second-order valence-electron chi connectivity index (χ2n) is 3.79. The van der Waals surface area contributed by atoms with Crippen LogP contribution in [0, 0.1) is 0 Å². The third-order valence-electron chi connectivity index (χ3n) is 2.57. The molecule has 2 N–H and O–H groups in total. The summed E-state index contributed by atoms with van der Waals surface area (Å²) in [6, 6.07) is 8.69. The summed E-state index contributed by atoms with van der Waals surface area (Å²) < 4.78 is 1.11. The lowest BCUT2D eigenvalue weighted by atomic mass is 10.1. The van der Waals surface area contributed by atoms with E-state index in [1.165, 1.54) is 5.56 Å². The molecule has 84 valence electrons. The molecule has 0 aliphatic rings. The number of hydrogen-bond acceptors (Lipinski definition) is 2. The second-order valence-corrected chi connectivity index (χ2v) is 4.70. The average molecular weight is 271 g/mol. The molecule has 0 aliphatic heterocycles. The first-order chi connectivity index (χ1) is 7.19. The number of nitrogens with zero attached hydrogens (tertiary/aromatic N) is 1. The quantitative estimate of drug-likeness (QED) is 0.892. The topological polar surface area (TPSA) is 29.3 Å². The molecular weight excluding hydrogens is 252 g/mol. The van der Waals surface area contributed by atoms with Gasteiger partial charge < -0.3 is 5.73 Å². The smallest absolute Gasteiger partial charge is 0.0467 e. The summed E-state index contributed by atoms with van der Waals surface area (Å²) in [4.78, 5) is 2.31. The van der Waals surface area contributed by atoms with Crippen LogP contribution in [0.5, 0.6) is 0 Å². The zero-order valence-corrected chi connectivity index (χ0v) is 11.0. The Hall–Kier alpha value is -0.380. The lowest BCUT2D eigenvalue weighted by molar-refractivity contribution is 0.250. The molecule has 15 heavy (non-hydrogen) atoms. The number of halogens is 1. The number of nitrogens with two attached hydrogens (primary N) is 1. The first-order valence-electron chi connectivity index (χ1n) is 5.34. The highest BCUT2D eigenvalue weighted by Crippen LogP contribution is 2.21. The van der Waals surface area contributed by atoms with Crippen molar-refractivity contribution >= 4 is 15.9 Å². The molecular formula is C12H19BrN2. The summed E-state index contributed by atoms with van der Waals surface area (Å²) in [5.41, 5.74) is 7.11. The van der Waals surface area contributed by atoms with Crippen molar-refractivity contribution in [2.75, 3.05) is 20.1 Å². The molecule has 0 spiro atoms. The standard InChI is InChI=1S/C12H19BrN2/c1-3-7-15(2)12(9-14)10-5-4-6-11(13)8-10/h4-6,8,12H,3,7,9,14H2,1-2H3. The van der Waals surface area contributed by atoms with E-state index in [-0.39, 0.29) is 0 Å². The maximum atomic E-state index is 5.83. The van der Waals surface area contributed by atoms with Gasteiger partial charge in [0.1, 0.15) is 0 Å². The summed E-state index contributed by atoms with van der Waals surface area (Å²) in [5.74, 6) is 0. The molecule has 1 aromatic rings. The molecule has 0 aromatic heterocycles. The van der Waals surface area contributed by atoms with Crippen LogP contribution in [0.4, 0.5) is 0 Å². The molecule has 0 heterocycles. The first-order valence-corrected chi connectivity index (χ1v) is 6.14. The molecule has 1 atom stereocenters. The van der Waals surface area contributed by atoms with E-state index in [0.29, 0.717) is 12.6 Å². The van der Waals surface area contributed by atoms with Crippen LogP contribution in [0.3, 0.4) is 0 Å². The molecule has 1 rings (SSSR count). The molecule has 0 saturated heterocycles. The van der Waals surface area contributed by atoms with Crippen molar-refractivity contribution in [3.63, 3.8) is 0 Å². The molecule has 0 aliphatic carbocycles. The number of likely N-dealkylation sites (N-methyl/N-ethyl adjacent to an activating group) is 1. The third-order valence-corrected chi connectivity index (χ3v) is 3.06. The van der Waals surface area contributed by atoms with Crippen molar-refractivity contribution in [3.8, 4) is 0 Å². The van der Waals surface area contributed by atoms with Gasteiger partial charge in [-0.15, -0.1) is 0 Å². The Bertz CT molecular complexity index is 301. The Labute approximate surface area is 101 Å². The first kappa shape index (κ1) is 12.7. The van der Waals surface area contributed by atoms with Crippen LogP contribution in [0.15, 0.2) is 28.7 Å². The van der Waals surface area contributed by atoms with Crippen molar-refractivity contribution in [2.24, 2.45) is 5.73 Å². The van der Waals surface area contributed by atoms with Crippen molar-refractivity contribution < 1.29 is 0 Å². The van der Waals surface area contributed by atoms with Gasteiger partial charge in [-0.25, -0.2) is 0 Å².